The maximum Gasteiger partial charge on any atom is 0.264 e. The van der Waals surface area contributed by atoms with Crippen molar-refractivity contribution in [3.63, 3.8) is 0 Å². The van der Waals surface area contributed by atoms with Crippen molar-refractivity contribution in [3.8, 4) is 0 Å². The van der Waals surface area contributed by atoms with E-state index in [9.17, 15) is 9.59 Å². The number of piperazine rings is 1. The van der Waals surface area contributed by atoms with Crippen LogP contribution in [0.3, 0.4) is 0 Å². The molecule has 2 aromatic rings. The number of amides is 2. The molecule has 0 unspecified atom stereocenters. The predicted octanol–water partition coefficient (Wildman–Crippen LogP) is 2.23. The SMILES string of the molecule is Cc1cc(CC(=O)N2CCN(C(=O)c3cccs3)CC2)c(C)n1C. The molecule has 6 heteroatoms. The first-order valence-corrected chi connectivity index (χ1v) is 9.07. The highest BCUT2D eigenvalue weighted by molar-refractivity contribution is 7.12. The minimum absolute atomic E-state index is 0.0756. The molecular weight excluding hydrogens is 322 g/mol. The van der Waals surface area contributed by atoms with Gasteiger partial charge >= 0.3 is 0 Å². The molecule has 0 spiro atoms. The number of carbonyl (C=O) groups is 2. The number of thiophene rings is 1. The summed E-state index contributed by atoms with van der Waals surface area (Å²) in [6.07, 6.45) is 0.437. The van der Waals surface area contributed by atoms with Crippen molar-refractivity contribution in [2.45, 2.75) is 20.3 Å². The first-order chi connectivity index (χ1) is 11.5. The van der Waals surface area contributed by atoms with Crippen LogP contribution >= 0.6 is 11.3 Å². The van der Waals surface area contributed by atoms with E-state index in [1.54, 1.807) is 0 Å². The second kappa shape index (κ2) is 6.81. The molecule has 0 bridgehead atoms. The number of aryl methyl sites for hydroxylation is 1. The minimum atomic E-state index is 0.0756. The first kappa shape index (κ1) is 16.8. The van der Waals surface area contributed by atoms with Crippen molar-refractivity contribution in [1.29, 1.82) is 0 Å². The summed E-state index contributed by atoms with van der Waals surface area (Å²) in [6.45, 7) is 6.54. The van der Waals surface area contributed by atoms with Crippen LogP contribution in [0.4, 0.5) is 0 Å². The summed E-state index contributed by atoms with van der Waals surface area (Å²) in [4.78, 5) is 29.4. The van der Waals surface area contributed by atoms with E-state index in [2.05, 4.69) is 17.6 Å². The van der Waals surface area contributed by atoms with E-state index in [1.165, 1.54) is 17.0 Å². The Kier molecular flexibility index (Phi) is 4.76. The quantitative estimate of drug-likeness (QED) is 0.856. The summed E-state index contributed by atoms with van der Waals surface area (Å²) in [5.41, 5.74) is 3.41. The maximum absolute atomic E-state index is 12.6. The largest absolute Gasteiger partial charge is 0.352 e. The lowest BCUT2D eigenvalue weighted by Crippen LogP contribution is -2.50. The average Bonchev–Trinajstić information content (AvgIpc) is 3.20. The van der Waals surface area contributed by atoms with E-state index in [1.807, 2.05) is 41.3 Å². The summed E-state index contributed by atoms with van der Waals surface area (Å²) >= 11 is 1.46. The summed E-state index contributed by atoms with van der Waals surface area (Å²) in [5, 5.41) is 1.91. The van der Waals surface area contributed by atoms with E-state index >= 15 is 0 Å². The Morgan fingerprint density at radius 2 is 1.79 bits per heavy atom. The van der Waals surface area contributed by atoms with Gasteiger partial charge in [-0.15, -0.1) is 11.3 Å². The highest BCUT2D eigenvalue weighted by atomic mass is 32.1. The van der Waals surface area contributed by atoms with Gasteiger partial charge in [0.1, 0.15) is 0 Å². The Morgan fingerprint density at radius 1 is 1.12 bits per heavy atom. The smallest absolute Gasteiger partial charge is 0.264 e. The van der Waals surface area contributed by atoms with Crippen molar-refractivity contribution in [1.82, 2.24) is 14.4 Å². The first-order valence-electron chi connectivity index (χ1n) is 8.19. The van der Waals surface area contributed by atoms with Crippen molar-refractivity contribution in [3.05, 3.63) is 45.4 Å². The van der Waals surface area contributed by atoms with Crippen molar-refractivity contribution < 1.29 is 9.59 Å². The average molecular weight is 345 g/mol. The molecule has 3 rings (SSSR count). The highest BCUT2D eigenvalue weighted by Gasteiger charge is 2.25. The zero-order valence-electron chi connectivity index (χ0n) is 14.4. The molecule has 0 saturated carbocycles. The van der Waals surface area contributed by atoms with E-state index in [4.69, 9.17) is 0 Å². The standard InChI is InChI=1S/C18H23N3O2S/c1-13-11-15(14(2)19(13)3)12-17(22)20-6-8-21(9-7-20)18(23)16-5-4-10-24-16/h4-5,10-11H,6-9,12H2,1-3H3. The van der Waals surface area contributed by atoms with Crippen LogP contribution in [0.1, 0.15) is 26.6 Å². The molecule has 1 fully saturated rings. The van der Waals surface area contributed by atoms with Crippen LogP contribution in [-0.4, -0.2) is 52.4 Å². The van der Waals surface area contributed by atoms with Crippen LogP contribution in [0.2, 0.25) is 0 Å². The van der Waals surface area contributed by atoms with Gasteiger partial charge in [0.25, 0.3) is 5.91 Å². The highest BCUT2D eigenvalue weighted by Crippen LogP contribution is 2.17. The van der Waals surface area contributed by atoms with E-state index in [0.717, 1.165) is 16.1 Å². The van der Waals surface area contributed by atoms with Crippen LogP contribution in [0.5, 0.6) is 0 Å². The van der Waals surface area contributed by atoms with Gasteiger partial charge in [0.15, 0.2) is 0 Å². The van der Waals surface area contributed by atoms with Crippen molar-refractivity contribution >= 4 is 23.2 Å². The van der Waals surface area contributed by atoms with Gasteiger partial charge in [-0.3, -0.25) is 9.59 Å². The molecule has 128 valence electrons. The fourth-order valence-electron chi connectivity index (χ4n) is 3.10. The normalized spacial score (nSPS) is 15.0. The van der Waals surface area contributed by atoms with Crippen LogP contribution in [0.15, 0.2) is 23.6 Å². The van der Waals surface area contributed by atoms with Gasteiger partial charge < -0.3 is 14.4 Å². The number of carbonyl (C=O) groups excluding carboxylic acids is 2. The van der Waals surface area contributed by atoms with E-state index in [-0.39, 0.29) is 11.8 Å². The fourth-order valence-corrected chi connectivity index (χ4v) is 3.79. The lowest BCUT2D eigenvalue weighted by molar-refractivity contribution is -0.131. The third-order valence-electron chi connectivity index (χ3n) is 4.87. The zero-order chi connectivity index (χ0) is 17.3. The molecule has 1 aliphatic heterocycles. The van der Waals surface area contributed by atoms with Crippen molar-refractivity contribution in [2.75, 3.05) is 26.2 Å². The van der Waals surface area contributed by atoms with Crippen LogP contribution < -0.4 is 0 Å². The number of hydrogen-bond acceptors (Lipinski definition) is 3. The molecule has 2 aromatic heterocycles. The molecule has 0 aromatic carbocycles. The molecule has 2 amide bonds. The summed E-state index contributed by atoms with van der Waals surface area (Å²) in [5.74, 6) is 0.221. The lowest BCUT2D eigenvalue weighted by atomic mass is 10.1. The fraction of sp³-hybridized carbons (Fsp3) is 0.444. The zero-order valence-corrected chi connectivity index (χ0v) is 15.2. The molecule has 1 aliphatic rings. The third kappa shape index (κ3) is 3.24. The van der Waals surface area contributed by atoms with Gasteiger partial charge in [-0.05, 0) is 36.9 Å². The van der Waals surface area contributed by atoms with E-state index < -0.39 is 0 Å². The Balaban J connectivity index is 1.57. The monoisotopic (exact) mass is 345 g/mol. The van der Waals surface area contributed by atoms with Gasteiger partial charge in [0.2, 0.25) is 5.91 Å². The van der Waals surface area contributed by atoms with Crippen molar-refractivity contribution in [2.24, 2.45) is 7.05 Å². The Labute approximate surface area is 146 Å². The molecule has 5 nitrogen and oxygen atoms in total. The van der Waals surface area contributed by atoms with Gasteiger partial charge in [0, 0.05) is 44.6 Å². The molecule has 0 N–H and O–H groups in total. The van der Waals surface area contributed by atoms with Gasteiger partial charge in [-0.1, -0.05) is 6.07 Å². The molecule has 0 radical (unpaired) electrons. The molecule has 1 saturated heterocycles. The second-order valence-corrected chi connectivity index (χ2v) is 7.23. The van der Waals surface area contributed by atoms with Crippen LogP contribution in [-0.2, 0) is 18.3 Å². The topological polar surface area (TPSA) is 45.6 Å². The van der Waals surface area contributed by atoms with Gasteiger partial charge in [-0.25, -0.2) is 0 Å². The van der Waals surface area contributed by atoms with E-state index in [0.29, 0.717) is 32.6 Å². The molecule has 3 heterocycles. The Hall–Kier alpha value is -2.08. The number of aromatic nitrogens is 1. The van der Waals surface area contributed by atoms with Gasteiger partial charge in [0.05, 0.1) is 11.3 Å². The van der Waals surface area contributed by atoms with Crippen LogP contribution in [0.25, 0.3) is 0 Å². The van der Waals surface area contributed by atoms with Gasteiger partial charge in [-0.2, -0.15) is 0 Å². The summed E-state index contributed by atoms with van der Waals surface area (Å²) in [7, 11) is 2.02. The third-order valence-corrected chi connectivity index (χ3v) is 5.73. The minimum Gasteiger partial charge on any atom is -0.352 e. The van der Waals surface area contributed by atoms with Crippen LogP contribution in [0, 0.1) is 13.8 Å². The predicted molar refractivity (Wildman–Crippen MR) is 95.4 cm³/mol. The number of hydrogen-bond donors (Lipinski definition) is 0. The lowest BCUT2D eigenvalue weighted by Gasteiger charge is -2.34. The Morgan fingerprint density at radius 3 is 2.33 bits per heavy atom. The number of rotatable bonds is 3. The summed E-state index contributed by atoms with van der Waals surface area (Å²) < 4.78 is 2.11. The molecule has 0 aliphatic carbocycles. The summed E-state index contributed by atoms with van der Waals surface area (Å²) in [6, 6.07) is 5.83. The molecule has 24 heavy (non-hydrogen) atoms. The molecular formula is C18H23N3O2S. The molecule has 0 atom stereocenters. The maximum atomic E-state index is 12.6. The Bertz CT molecular complexity index is 741. The number of nitrogens with zero attached hydrogens (tertiary/aromatic N) is 3. The second-order valence-electron chi connectivity index (χ2n) is 6.28.